The molecule has 0 saturated heterocycles. The number of hydrogen-bond acceptors (Lipinski definition) is 4. The van der Waals surface area contributed by atoms with Gasteiger partial charge < -0.3 is 9.52 Å². The molecular weight excluding hydrogens is 258 g/mol. The van der Waals surface area contributed by atoms with Crippen LogP contribution in [0.3, 0.4) is 0 Å². The Bertz CT molecular complexity index is 589. The number of aliphatic hydroxyl groups excluding tert-OH is 1. The van der Waals surface area contributed by atoms with Gasteiger partial charge in [0.2, 0.25) is 0 Å². The Kier molecular flexibility index (Phi) is 4.80. The van der Waals surface area contributed by atoms with Gasteiger partial charge in [-0.3, -0.25) is 4.90 Å². The first-order valence-electron chi connectivity index (χ1n) is 6.08. The molecule has 2 aromatic rings. The Labute approximate surface area is 117 Å². The summed E-state index contributed by atoms with van der Waals surface area (Å²) in [4.78, 5) is 3.46. The highest BCUT2D eigenvalue weighted by atomic mass is 32.1. The van der Waals surface area contributed by atoms with Gasteiger partial charge in [-0.15, -0.1) is 11.3 Å². The minimum atomic E-state index is -0.0979. The second-order valence-electron chi connectivity index (χ2n) is 4.39. The monoisotopic (exact) mass is 275 g/mol. The normalized spacial score (nSPS) is 10.5. The van der Waals surface area contributed by atoms with E-state index in [9.17, 15) is 0 Å². The fourth-order valence-electron chi connectivity index (χ4n) is 1.88. The van der Waals surface area contributed by atoms with Crippen molar-refractivity contribution in [2.24, 2.45) is 0 Å². The molecule has 0 amide bonds. The average molecular weight is 275 g/mol. The maximum Gasteiger partial charge on any atom is 0.105 e. The molecule has 2 heterocycles. The predicted molar refractivity (Wildman–Crippen MR) is 76.9 cm³/mol. The molecule has 1 N–H and O–H groups in total. The van der Waals surface area contributed by atoms with E-state index >= 15 is 0 Å². The van der Waals surface area contributed by atoms with Gasteiger partial charge in [0, 0.05) is 29.1 Å². The van der Waals surface area contributed by atoms with Crippen molar-refractivity contribution in [1.82, 2.24) is 4.90 Å². The van der Waals surface area contributed by atoms with E-state index < -0.39 is 0 Å². The Balaban J connectivity index is 2.01. The predicted octanol–water partition coefficient (Wildman–Crippen LogP) is 2.63. The van der Waals surface area contributed by atoms with E-state index in [-0.39, 0.29) is 6.61 Å². The topological polar surface area (TPSA) is 36.6 Å². The van der Waals surface area contributed by atoms with E-state index in [1.165, 1.54) is 10.4 Å². The summed E-state index contributed by atoms with van der Waals surface area (Å²) in [7, 11) is 2.08. The Morgan fingerprint density at radius 3 is 2.89 bits per heavy atom. The van der Waals surface area contributed by atoms with Crippen molar-refractivity contribution >= 4 is 11.3 Å². The summed E-state index contributed by atoms with van der Waals surface area (Å²) in [6, 6.07) is 4.01. The second-order valence-corrected chi connectivity index (χ2v) is 5.39. The van der Waals surface area contributed by atoms with E-state index in [0.717, 1.165) is 24.4 Å². The van der Waals surface area contributed by atoms with Crippen LogP contribution in [-0.2, 0) is 13.1 Å². The van der Waals surface area contributed by atoms with Gasteiger partial charge in [0.05, 0.1) is 6.26 Å². The fourth-order valence-corrected chi connectivity index (χ4v) is 2.79. The van der Waals surface area contributed by atoms with Crippen molar-refractivity contribution in [1.29, 1.82) is 0 Å². The van der Waals surface area contributed by atoms with E-state index in [2.05, 4.69) is 23.8 Å². The first kappa shape index (κ1) is 13.9. The molecule has 0 unspecified atom stereocenters. The van der Waals surface area contributed by atoms with Gasteiger partial charge in [0.1, 0.15) is 12.4 Å². The third-order valence-electron chi connectivity index (χ3n) is 2.87. The van der Waals surface area contributed by atoms with Crippen LogP contribution in [0.4, 0.5) is 0 Å². The van der Waals surface area contributed by atoms with Gasteiger partial charge >= 0.3 is 0 Å². The van der Waals surface area contributed by atoms with Gasteiger partial charge in [-0.2, -0.15) is 0 Å². The number of hydrogen-bond donors (Lipinski definition) is 1. The lowest BCUT2D eigenvalue weighted by atomic mass is 10.2. The molecule has 2 rings (SSSR count). The lowest BCUT2D eigenvalue weighted by Gasteiger charge is -2.15. The smallest absolute Gasteiger partial charge is 0.105 e. The fraction of sp³-hybridized carbons (Fsp3) is 0.333. The minimum Gasteiger partial charge on any atom is -0.469 e. The van der Waals surface area contributed by atoms with Gasteiger partial charge in [0.15, 0.2) is 0 Å². The zero-order valence-electron chi connectivity index (χ0n) is 11.1. The quantitative estimate of drug-likeness (QED) is 0.871. The molecule has 0 aliphatic heterocycles. The van der Waals surface area contributed by atoms with Crippen LogP contribution in [0, 0.1) is 18.8 Å². The summed E-state index contributed by atoms with van der Waals surface area (Å²) in [5.74, 6) is 6.65. The minimum absolute atomic E-state index is 0.0979. The van der Waals surface area contributed by atoms with Crippen molar-refractivity contribution in [3.8, 4) is 11.8 Å². The van der Waals surface area contributed by atoms with Crippen LogP contribution < -0.4 is 0 Å². The van der Waals surface area contributed by atoms with Crippen LogP contribution in [0.5, 0.6) is 0 Å². The second kappa shape index (κ2) is 6.58. The van der Waals surface area contributed by atoms with Crippen LogP contribution in [0.25, 0.3) is 0 Å². The number of aliphatic hydroxyl groups is 1. The highest BCUT2D eigenvalue weighted by Gasteiger charge is 2.09. The molecule has 19 heavy (non-hydrogen) atoms. The highest BCUT2D eigenvalue weighted by molar-refractivity contribution is 7.10. The van der Waals surface area contributed by atoms with Gasteiger partial charge in [-0.05, 0) is 31.5 Å². The molecule has 3 nitrogen and oxygen atoms in total. The van der Waals surface area contributed by atoms with Crippen molar-refractivity contribution in [3.63, 3.8) is 0 Å². The van der Waals surface area contributed by atoms with Crippen molar-refractivity contribution in [2.75, 3.05) is 13.7 Å². The Morgan fingerprint density at radius 1 is 1.37 bits per heavy atom. The largest absolute Gasteiger partial charge is 0.469 e. The van der Waals surface area contributed by atoms with Crippen LogP contribution in [-0.4, -0.2) is 23.7 Å². The Morgan fingerprint density at radius 2 is 2.21 bits per heavy atom. The average Bonchev–Trinajstić information content (AvgIpc) is 2.97. The molecule has 2 aromatic heterocycles. The maximum absolute atomic E-state index is 8.75. The molecule has 0 aromatic carbocycles. The van der Waals surface area contributed by atoms with Crippen molar-refractivity contribution < 1.29 is 9.52 Å². The van der Waals surface area contributed by atoms with E-state index in [1.807, 2.05) is 24.4 Å². The molecule has 0 radical (unpaired) electrons. The van der Waals surface area contributed by atoms with Gasteiger partial charge in [0.25, 0.3) is 0 Å². The molecule has 0 atom stereocenters. The summed E-state index contributed by atoms with van der Waals surface area (Å²) >= 11 is 1.70. The summed E-state index contributed by atoms with van der Waals surface area (Å²) < 4.78 is 5.30. The SMILES string of the molecule is Cc1occc1CN(C)Cc1sccc1C#CCO. The molecule has 4 heteroatoms. The molecule has 0 spiro atoms. The molecule has 0 aliphatic rings. The molecule has 0 aliphatic carbocycles. The third-order valence-corrected chi connectivity index (χ3v) is 3.77. The van der Waals surface area contributed by atoms with Crippen LogP contribution >= 0.6 is 11.3 Å². The van der Waals surface area contributed by atoms with Gasteiger partial charge in [-0.1, -0.05) is 11.8 Å². The molecule has 100 valence electrons. The first-order valence-corrected chi connectivity index (χ1v) is 6.96. The van der Waals surface area contributed by atoms with E-state index in [0.29, 0.717) is 0 Å². The van der Waals surface area contributed by atoms with Crippen molar-refractivity contribution in [3.05, 3.63) is 45.5 Å². The molecule has 0 fully saturated rings. The van der Waals surface area contributed by atoms with Crippen LogP contribution in [0.1, 0.15) is 21.8 Å². The third kappa shape index (κ3) is 3.71. The van der Waals surface area contributed by atoms with E-state index in [1.54, 1.807) is 17.6 Å². The lowest BCUT2D eigenvalue weighted by Crippen LogP contribution is -2.17. The van der Waals surface area contributed by atoms with Crippen molar-refractivity contribution in [2.45, 2.75) is 20.0 Å². The Hall–Kier alpha value is -1.54. The molecule has 0 bridgehead atoms. The lowest BCUT2D eigenvalue weighted by molar-refractivity contribution is 0.319. The number of nitrogens with zero attached hydrogens (tertiary/aromatic N) is 1. The summed E-state index contributed by atoms with van der Waals surface area (Å²) in [6.45, 7) is 3.58. The van der Waals surface area contributed by atoms with E-state index in [4.69, 9.17) is 9.52 Å². The maximum atomic E-state index is 8.75. The molecular formula is C15H17NO2S. The zero-order valence-corrected chi connectivity index (χ0v) is 12.0. The summed E-state index contributed by atoms with van der Waals surface area (Å²) in [5.41, 5.74) is 2.22. The first-order chi connectivity index (χ1) is 9.20. The highest BCUT2D eigenvalue weighted by Crippen LogP contribution is 2.19. The number of thiophene rings is 1. The molecule has 0 saturated carbocycles. The zero-order chi connectivity index (χ0) is 13.7. The summed E-state index contributed by atoms with van der Waals surface area (Å²) in [5, 5.41) is 10.8. The number of aryl methyl sites for hydroxylation is 1. The van der Waals surface area contributed by atoms with Gasteiger partial charge in [-0.25, -0.2) is 0 Å². The summed E-state index contributed by atoms with van der Waals surface area (Å²) in [6.07, 6.45) is 1.72. The van der Waals surface area contributed by atoms with Crippen LogP contribution in [0.15, 0.2) is 28.2 Å². The standard InChI is InChI=1S/C15H17NO2S/c1-12-14(5-8-18-12)10-16(2)11-15-13(4-3-7-17)6-9-19-15/h5-6,8-9,17H,7,10-11H2,1-2H3. The number of furan rings is 1. The number of rotatable bonds is 4. The van der Waals surface area contributed by atoms with Crippen LogP contribution in [0.2, 0.25) is 0 Å².